The fourth-order valence-corrected chi connectivity index (χ4v) is 2.79. The highest BCUT2D eigenvalue weighted by molar-refractivity contribution is 5.40. The summed E-state index contributed by atoms with van der Waals surface area (Å²) in [5, 5.41) is 0. The third-order valence-corrected chi connectivity index (χ3v) is 4.21. The number of allylic oxidation sites excluding steroid dienone is 6. The van der Waals surface area contributed by atoms with E-state index in [9.17, 15) is 0 Å². The zero-order valence-electron chi connectivity index (χ0n) is 14.2. The lowest BCUT2D eigenvalue weighted by molar-refractivity contribution is 0.669. The molecular formula is C19H34. The van der Waals surface area contributed by atoms with Gasteiger partial charge in [-0.2, -0.15) is 0 Å². The fourth-order valence-electron chi connectivity index (χ4n) is 2.79. The molecule has 0 aliphatic heterocycles. The van der Waals surface area contributed by atoms with E-state index in [0.717, 1.165) is 5.92 Å². The smallest absolute Gasteiger partial charge is 0.000989 e. The van der Waals surface area contributed by atoms with Crippen molar-refractivity contribution in [3.8, 4) is 0 Å². The van der Waals surface area contributed by atoms with E-state index in [1.165, 1.54) is 31.3 Å². The molecule has 1 rings (SSSR count). The minimum Gasteiger partial charge on any atom is -0.0874 e. The zero-order chi connectivity index (χ0) is 14.8. The van der Waals surface area contributed by atoms with Crippen molar-refractivity contribution in [3.05, 3.63) is 34.9 Å². The molecule has 0 fully saturated rings. The molecule has 1 aliphatic rings. The van der Waals surface area contributed by atoms with Gasteiger partial charge in [-0.1, -0.05) is 64.0 Å². The van der Waals surface area contributed by atoms with Crippen molar-refractivity contribution < 1.29 is 0 Å². The summed E-state index contributed by atoms with van der Waals surface area (Å²) < 4.78 is 0. The minimum atomic E-state index is 0.709. The molecule has 1 atom stereocenters. The van der Waals surface area contributed by atoms with E-state index in [4.69, 9.17) is 0 Å². The Kier molecular flexibility index (Phi) is 9.65. The molecule has 0 N–H and O–H groups in total. The van der Waals surface area contributed by atoms with Crippen molar-refractivity contribution in [2.75, 3.05) is 0 Å². The van der Waals surface area contributed by atoms with E-state index in [0.29, 0.717) is 5.92 Å². The van der Waals surface area contributed by atoms with Gasteiger partial charge in [0.05, 0.1) is 0 Å². The molecule has 110 valence electrons. The van der Waals surface area contributed by atoms with Gasteiger partial charge >= 0.3 is 0 Å². The highest BCUT2D eigenvalue weighted by atomic mass is 14.4. The van der Waals surface area contributed by atoms with Crippen LogP contribution in [0.25, 0.3) is 0 Å². The summed E-state index contributed by atoms with van der Waals surface area (Å²) in [7, 11) is 0. The first kappa shape index (κ1) is 18.2. The molecule has 0 saturated heterocycles. The standard InChI is InChI=1S/C10H18.C9H16/c1-5-8-10(7-3)9(4)6-2;1-4-7-8(5-2)9(7)6-3/h5,7-9H,6H2,1-4H3;7H,4-6H2,1-3H3. The lowest BCUT2D eigenvalue weighted by Crippen LogP contribution is -1.93. The lowest BCUT2D eigenvalue weighted by Gasteiger charge is -2.08. The molecule has 0 aromatic heterocycles. The number of hydrogen-bond acceptors (Lipinski definition) is 0. The molecule has 0 amide bonds. The quantitative estimate of drug-likeness (QED) is 0.369. The monoisotopic (exact) mass is 262 g/mol. The van der Waals surface area contributed by atoms with Gasteiger partial charge in [-0.05, 0) is 51.0 Å². The number of hydrogen-bond donors (Lipinski definition) is 0. The predicted octanol–water partition coefficient (Wildman–Crippen LogP) is 6.70. The van der Waals surface area contributed by atoms with Crippen molar-refractivity contribution in [2.24, 2.45) is 11.8 Å². The van der Waals surface area contributed by atoms with Crippen molar-refractivity contribution in [2.45, 2.75) is 74.1 Å². The van der Waals surface area contributed by atoms with E-state index < -0.39 is 0 Å². The Hall–Kier alpha value is -0.780. The van der Waals surface area contributed by atoms with Gasteiger partial charge in [-0.15, -0.1) is 0 Å². The summed E-state index contributed by atoms with van der Waals surface area (Å²) in [5.74, 6) is 1.64. The van der Waals surface area contributed by atoms with Crippen LogP contribution in [0.15, 0.2) is 34.9 Å². The summed E-state index contributed by atoms with van der Waals surface area (Å²) in [6.45, 7) is 15.4. The summed E-state index contributed by atoms with van der Waals surface area (Å²) in [5.41, 5.74) is 4.95. The van der Waals surface area contributed by atoms with Gasteiger partial charge in [0, 0.05) is 5.92 Å². The maximum atomic E-state index is 2.28. The molecule has 0 radical (unpaired) electrons. The van der Waals surface area contributed by atoms with Gasteiger partial charge in [0.2, 0.25) is 0 Å². The average molecular weight is 262 g/mol. The third-order valence-electron chi connectivity index (χ3n) is 4.21. The van der Waals surface area contributed by atoms with Gasteiger partial charge in [-0.25, -0.2) is 0 Å². The molecule has 0 heterocycles. The summed E-state index contributed by atoms with van der Waals surface area (Å²) in [6, 6.07) is 0. The van der Waals surface area contributed by atoms with Gasteiger partial charge in [0.1, 0.15) is 0 Å². The Morgan fingerprint density at radius 2 is 1.58 bits per heavy atom. The Morgan fingerprint density at radius 3 is 1.79 bits per heavy atom. The maximum absolute atomic E-state index is 2.28. The molecular weight excluding hydrogens is 228 g/mol. The van der Waals surface area contributed by atoms with Crippen LogP contribution in [-0.4, -0.2) is 0 Å². The minimum absolute atomic E-state index is 0.709. The Bertz CT molecular complexity index is 314. The molecule has 0 aromatic carbocycles. The van der Waals surface area contributed by atoms with E-state index in [1.54, 1.807) is 11.1 Å². The topological polar surface area (TPSA) is 0 Å². The van der Waals surface area contributed by atoms with Crippen LogP contribution in [0.1, 0.15) is 74.1 Å². The maximum Gasteiger partial charge on any atom is 0.000989 e. The second-order valence-corrected chi connectivity index (χ2v) is 5.32. The molecule has 1 unspecified atom stereocenters. The highest BCUT2D eigenvalue weighted by Gasteiger charge is 2.30. The first-order valence-corrected chi connectivity index (χ1v) is 8.11. The van der Waals surface area contributed by atoms with Gasteiger partial charge in [0.25, 0.3) is 0 Å². The predicted molar refractivity (Wildman–Crippen MR) is 89.4 cm³/mol. The van der Waals surface area contributed by atoms with Gasteiger partial charge in [0.15, 0.2) is 0 Å². The molecule has 0 aromatic rings. The molecule has 1 aliphatic carbocycles. The van der Waals surface area contributed by atoms with Gasteiger partial charge < -0.3 is 0 Å². The number of rotatable bonds is 6. The molecule has 0 heteroatoms. The normalized spacial score (nSPS) is 17.5. The average Bonchev–Trinajstić information content (AvgIpc) is 3.16. The second kappa shape index (κ2) is 10.1. The first-order valence-electron chi connectivity index (χ1n) is 8.11. The van der Waals surface area contributed by atoms with Crippen LogP contribution in [0.3, 0.4) is 0 Å². The summed E-state index contributed by atoms with van der Waals surface area (Å²) >= 11 is 0. The Morgan fingerprint density at radius 1 is 1.05 bits per heavy atom. The fraction of sp³-hybridized carbons (Fsp3) is 0.684. The van der Waals surface area contributed by atoms with Crippen LogP contribution in [0.2, 0.25) is 0 Å². The van der Waals surface area contributed by atoms with E-state index in [-0.39, 0.29) is 0 Å². The van der Waals surface area contributed by atoms with E-state index in [1.807, 2.05) is 0 Å². The van der Waals surface area contributed by atoms with E-state index >= 15 is 0 Å². The lowest BCUT2D eigenvalue weighted by atomic mass is 9.98. The Balaban J connectivity index is 0.000000342. The van der Waals surface area contributed by atoms with Crippen LogP contribution in [0, 0.1) is 11.8 Å². The van der Waals surface area contributed by atoms with Crippen molar-refractivity contribution in [1.29, 1.82) is 0 Å². The zero-order valence-corrected chi connectivity index (χ0v) is 14.2. The van der Waals surface area contributed by atoms with Gasteiger partial charge in [-0.3, -0.25) is 0 Å². The van der Waals surface area contributed by atoms with Crippen LogP contribution in [0.5, 0.6) is 0 Å². The first-order chi connectivity index (χ1) is 9.10. The van der Waals surface area contributed by atoms with Crippen molar-refractivity contribution >= 4 is 0 Å². The summed E-state index contributed by atoms with van der Waals surface area (Å²) in [4.78, 5) is 0. The second-order valence-electron chi connectivity index (χ2n) is 5.32. The molecule has 19 heavy (non-hydrogen) atoms. The SMILES string of the molecule is CC=CC(=CC)C(C)CC.CCC1=C(CC)C1CC. The van der Waals surface area contributed by atoms with Crippen LogP contribution < -0.4 is 0 Å². The molecule has 0 saturated carbocycles. The highest BCUT2D eigenvalue weighted by Crippen LogP contribution is 2.45. The molecule has 0 spiro atoms. The largest absolute Gasteiger partial charge is 0.0874 e. The van der Waals surface area contributed by atoms with Crippen molar-refractivity contribution in [3.63, 3.8) is 0 Å². The van der Waals surface area contributed by atoms with E-state index in [2.05, 4.69) is 66.7 Å². The van der Waals surface area contributed by atoms with Crippen LogP contribution >= 0.6 is 0 Å². The van der Waals surface area contributed by atoms with Crippen molar-refractivity contribution in [1.82, 2.24) is 0 Å². The Labute approximate surface area is 121 Å². The molecule has 0 bridgehead atoms. The van der Waals surface area contributed by atoms with Crippen LogP contribution in [-0.2, 0) is 0 Å². The van der Waals surface area contributed by atoms with Crippen LogP contribution in [0.4, 0.5) is 0 Å². The summed E-state index contributed by atoms with van der Waals surface area (Å²) in [6.07, 6.45) is 11.6. The molecule has 0 nitrogen and oxygen atoms in total. The third kappa shape index (κ3) is 5.80.